The van der Waals surface area contributed by atoms with Gasteiger partial charge in [-0.15, -0.1) is 23.1 Å². The minimum absolute atomic E-state index is 0.00898. The van der Waals surface area contributed by atoms with Gasteiger partial charge in [0.15, 0.2) is 0 Å². The number of methoxy groups -OCH3 is 1. The largest absolute Gasteiger partial charge is 0.465 e. The maximum Gasteiger partial charge on any atom is 0.341 e. The Balaban J connectivity index is 1.32. The van der Waals surface area contributed by atoms with Crippen molar-refractivity contribution in [3.05, 3.63) is 117 Å². The van der Waals surface area contributed by atoms with Gasteiger partial charge in [-0.25, -0.2) is 4.79 Å². The normalized spacial score (nSPS) is 14.9. The van der Waals surface area contributed by atoms with E-state index < -0.39 is 23.0 Å². The van der Waals surface area contributed by atoms with Gasteiger partial charge in [0.1, 0.15) is 10.7 Å². The number of thioether (sulfide) groups is 1. The van der Waals surface area contributed by atoms with Gasteiger partial charge in [-0.1, -0.05) is 81.8 Å². The molecule has 0 saturated carbocycles. The molecule has 0 saturated heterocycles. The molecule has 3 N–H and O–H groups in total. The lowest BCUT2D eigenvalue weighted by Crippen LogP contribution is -2.30. The minimum atomic E-state index is -0.545. The summed E-state index contributed by atoms with van der Waals surface area (Å²) in [6, 6.07) is 22.8. The van der Waals surface area contributed by atoms with Gasteiger partial charge in [0, 0.05) is 26.0 Å². The zero-order valence-corrected chi connectivity index (χ0v) is 31.7. The van der Waals surface area contributed by atoms with Gasteiger partial charge >= 0.3 is 5.97 Å². The lowest BCUT2D eigenvalue weighted by atomic mass is 9.72. The number of nitrogens with one attached hydrogen (secondary N) is 3. The van der Waals surface area contributed by atoms with Crippen LogP contribution in [-0.4, -0.2) is 36.1 Å². The summed E-state index contributed by atoms with van der Waals surface area (Å²) >= 11 is 9.21. The molecule has 3 amide bonds. The van der Waals surface area contributed by atoms with Crippen molar-refractivity contribution in [2.75, 3.05) is 17.7 Å². The molecule has 1 heterocycles. The first-order valence-corrected chi connectivity index (χ1v) is 18.9. The van der Waals surface area contributed by atoms with E-state index in [1.807, 2.05) is 13.0 Å². The number of benzene rings is 3. The zero-order valence-electron chi connectivity index (χ0n) is 29.3. The Morgan fingerprint density at radius 2 is 1.73 bits per heavy atom. The summed E-state index contributed by atoms with van der Waals surface area (Å²) in [5, 5.41) is 9.14. The van der Waals surface area contributed by atoms with E-state index in [2.05, 4.69) is 36.7 Å². The Morgan fingerprint density at radius 1 is 1.00 bits per heavy atom. The average molecular weight is 744 g/mol. The molecule has 1 aromatic heterocycles. The van der Waals surface area contributed by atoms with Crippen molar-refractivity contribution in [3.63, 3.8) is 0 Å². The van der Waals surface area contributed by atoms with Crippen molar-refractivity contribution in [3.8, 4) is 0 Å². The summed E-state index contributed by atoms with van der Waals surface area (Å²) in [4.78, 5) is 55.2. The third kappa shape index (κ3) is 9.49. The summed E-state index contributed by atoms with van der Waals surface area (Å²) in [5.41, 5.74) is 3.03. The quantitative estimate of drug-likeness (QED) is 0.0802. The first-order chi connectivity index (χ1) is 24.4. The van der Waals surface area contributed by atoms with Crippen LogP contribution in [0.1, 0.15) is 77.3 Å². The number of fused-ring (bicyclic) bond motifs is 1. The molecule has 4 aromatic rings. The molecule has 2 unspecified atom stereocenters. The molecule has 11 heteroatoms. The van der Waals surface area contributed by atoms with Crippen molar-refractivity contribution in [1.29, 1.82) is 0 Å². The van der Waals surface area contributed by atoms with Crippen molar-refractivity contribution in [2.24, 2.45) is 11.3 Å². The molecule has 0 radical (unpaired) electrons. The average Bonchev–Trinajstić information content (AvgIpc) is 3.47. The van der Waals surface area contributed by atoms with Gasteiger partial charge in [0.25, 0.3) is 11.8 Å². The highest BCUT2D eigenvalue weighted by molar-refractivity contribution is 8.00. The van der Waals surface area contributed by atoms with Crippen LogP contribution in [0.3, 0.4) is 0 Å². The Hall–Kier alpha value is -4.38. The minimum Gasteiger partial charge on any atom is -0.465 e. The second-order valence-corrected chi connectivity index (χ2v) is 16.2. The van der Waals surface area contributed by atoms with Crippen LogP contribution >= 0.6 is 34.7 Å². The fourth-order valence-electron chi connectivity index (χ4n) is 5.95. The van der Waals surface area contributed by atoms with E-state index in [0.717, 1.165) is 34.6 Å². The Bertz CT molecular complexity index is 1950. The number of ether oxygens (including phenoxy) is 1. The third-order valence-electron chi connectivity index (χ3n) is 8.88. The van der Waals surface area contributed by atoms with Gasteiger partial charge < -0.3 is 20.7 Å². The van der Waals surface area contributed by atoms with Gasteiger partial charge in [-0.2, -0.15) is 0 Å². The molecule has 266 valence electrons. The van der Waals surface area contributed by atoms with E-state index in [1.165, 1.54) is 36.3 Å². The van der Waals surface area contributed by atoms with Crippen molar-refractivity contribution in [2.45, 2.75) is 63.5 Å². The van der Waals surface area contributed by atoms with Crippen molar-refractivity contribution < 1.29 is 23.9 Å². The van der Waals surface area contributed by atoms with E-state index in [9.17, 15) is 19.2 Å². The van der Waals surface area contributed by atoms with Crippen LogP contribution in [0.15, 0.2) is 89.5 Å². The number of hydrogen-bond donors (Lipinski definition) is 3. The lowest BCUT2D eigenvalue weighted by Gasteiger charge is -2.33. The van der Waals surface area contributed by atoms with Crippen LogP contribution < -0.4 is 16.0 Å². The summed E-state index contributed by atoms with van der Waals surface area (Å²) < 4.78 is 5.15. The fourth-order valence-corrected chi connectivity index (χ4v) is 8.47. The van der Waals surface area contributed by atoms with Gasteiger partial charge in [0.05, 0.1) is 17.9 Å². The molecule has 8 nitrogen and oxygen atoms in total. The van der Waals surface area contributed by atoms with E-state index in [0.29, 0.717) is 44.7 Å². The first kappa shape index (κ1) is 37.9. The number of thiophene rings is 1. The molecule has 0 spiro atoms. The summed E-state index contributed by atoms with van der Waals surface area (Å²) in [6.07, 6.45) is 4.65. The molecule has 0 fully saturated rings. The molecule has 0 aliphatic heterocycles. The molecule has 5 rings (SSSR count). The maximum absolute atomic E-state index is 13.7. The zero-order chi connectivity index (χ0) is 36.7. The van der Waals surface area contributed by atoms with Crippen LogP contribution in [0.4, 0.5) is 10.7 Å². The third-order valence-corrected chi connectivity index (χ3v) is 11.8. The highest BCUT2D eigenvalue weighted by Crippen LogP contribution is 2.45. The van der Waals surface area contributed by atoms with Gasteiger partial charge in [-0.3, -0.25) is 14.4 Å². The van der Waals surface area contributed by atoms with E-state index >= 15 is 0 Å². The number of anilines is 2. The maximum atomic E-state index is 13.7. The van der Waals surface area contributed by atoms with Crippen LogP contribution in [0.2, 0.25) is 5.02 Å². The monoisotopic (exact) mass is 743 g/mol. The Morgan fingerprint density at radius 3 is 2.41 bits per heavy atom. The molecule has 51 heavy (non-hydrogen) atoms. The van der Waals surface area contributed by atoms with Crippen LogP contribution in [-0.2, 0) is 27.2 Å². The van der Waals surface area contributed by atoms with E-state index in [4.69, 9.17) is 16.3 Å². The number of carbonyl (C=O) groups excluding carboxylic acids is 4. The second kappa shape index (κ2) is 16.8. The molecule has 0 bridgehead atoms. The number of carbonyl (C=O) groups is 4. The molecule has 2 atom stereocenters. The fraction of sp³-hybridized carbons (Fsp3) is 0.300. The highest BCUT2D eigenvalue weighted by atomic mass is 35.5. The highest BCUT2D eigenvalue weighted by Gasteiger charge is 2.35. The van der Waals surface area contributed by atoms with Crippen LogP contribution in [0.5, 0.6) is 0 Å². The number of halogens is 1. The lowest BCUT2D eigenvalue weighted by molar-refractivity contribution is -0.116. The summed E-state index contributed by atoms with van der Waals surface area (Å²) in [7, 11) is 1.36. The smallest absolute Gasteiger partial charge is 0.341 e. The van der Waals surface area contributed by atoms with Crippen molar-refractivity contribution in [1.82, 2.24) is 5.32 Å². The first-order valence-electron chi connectivity index (χ1n) is 16.8. The molecule has 3 aromatic carbocycles. The van der Waals surface area contributed by atoms with E-state index in [1.54, 1.807) is 72.8 Å². The SMILES string of the molecule is CCC(Sc1cccc(NC(=O)/C(=C\c2ccccc2Cl)NC(=O)c2ccccc2)c1)C(=O)Nc1sc2c(c1C(=O)OC)CCC(C(C)(C)C)C2. The number of hydrogen-bond acceptors (Lipinski definition) is 7. The molecular weight excluding hydrogens is 702 g/mol. The standard InChI is InChI=1S/C40H42ClN3O5S2/c1-6-32(37(47)44-38-34(39(48)49-5)29-20-19-26(40(2,3)4)22-33(29)51-38)50-28-17-12-16-27(23-28)42-36(46)31(21-25-15-10-11-18-30(25)41)43-35(45)24-13-8-7-9-14-24/h7-18,21,23,26,32H,6,19-20,22H2,1-5H3,(H,42,46)(H,43,45)(H,44,47)/b31-21+. The number of amides is 3. The van der Waals surface area contributed by atoms with Crippen LogP contribution in [0, 0.1) is 11.3 Å². The predicted octanol–water partition coefficient (Wildman–Crippen LogP) is 9.26. The second-order valence-electron chi connectivity index (χ2n) is 13.4. The van der Waals surface area contributed by atoms with Crippen molar-refractivity contribution >= 4 is 75.2 Å². The molecule has 1 aliphatic carbocycles. The molecular formula is C40H42ClN3O5S2. The summed E-state index contributed by atoms with van der Waals surface area (Å²) in [5.74, 6) is -1.17. The Labute approximate surface area is 312 Å². The molecule has 1 aliphatic rings. The van der Waals surface area contributed by atoms with Gasteiger partial charge in [0.2, 0.25) is 5.91 Å². The van der Waals surface area contributed by atoms with Crippen LogP contribution in [0.25, 0.3) is 6.08 Å². The number of rotatable bonds is 11. The van der Waals surface area contributed by atoms with E-state index in [-0.39, 0.29) is 17.0 Å². The Kier molecular flexibility index (Phi) is 12.4. The summed E-state index contributed by atoms with van der Waals surface area (Å²) in [6.45, 7) is 8.65. The van der Waals surface area contributed by atoms with Gasteiger partial charge in [-0.05, 0) is 90.6 Å². The number of esters is 1. The predicted molar refractivity (Wildman–Crippen MR) is 208 cm³/mol. The topological polar surface area (TPSA) is 114 Å².